The fraction of sp³-hybridized carbons (Fsp3) is 0.308. The van der Waals surface area contributed by atoms with E-state index in [1.165, 1.54) is 23.3 Å². The highest BCUT2D eigenvalue weighted by molar-refractivity contribution is 7.90. The van der Waals surface area contributed by atoms with E-state index in [9.17, 15) is 18.5 Å². The Morgan fingerprint density at radius 2 is 1.87 bits per heavy atom. The molecule has 39 heavy (non-hydrogen) atoms. The molecule has 206 valence electrons. The van der Waals surface area contributed by atoms with Crippen molar-refractivity contribution in [3.05, 3.63) is 65.0 Å². The fourth-order valence-electron chi connectivity index (χ4n) is 4.16. The maximum atomic E-state index is 12.7. The van der Waals surface area contributed by atoms with Crippen LogP contribution in [0.5, 0.6) is 5.75 Å². The lowest BCUT2D eigenvalue weighted by molar-refractivity contribution is -0.384. The topological polar surface area (TPSA) is 136 Å². The second-order valence-electron chi connectivity index (χ2n) is 9.17. The number of benzene rings is 2. The van der Waals surface area contributed by atoms with Gasteiger partial charge in [0, 0.05) is 55.6 Å². The normalized spacial score (nSPS) is 11.6. The van der Waals surface area contributed by atoms with E-state index in [1.807, 2.05) is 36.0 Å². The van der Waals surface area contributed by atoms with Crippen LogP contribution in [0.25, 0.3) is 22.2 Å². The Labute approximate surface area is 227 Å². The van der Waals surface area contributed by atoms with Gasteiger partial charge >= 0.3 is 0 Å². The second-order valence-corrected chi connectivity index (χ2v) is 11.3. The minimum Gasteiger partial charge on any atom is -0.494 e. The number of rotatable bonds is 11. The van der Waals surface area contributed by atoms with E-state index in [0.717, 1.165) is 5.39 Å². The molecule has 0 radical (unpaired) electrons. The lowest BCUT2D eigenvalue weighted by atomic mass is 10.1. The summed E-state index contributed by atoms with van der Waals surface area (Å²) in [5.74, 6) is 0.497. The second kappa shape index (κ2) is 11.3. The van der Waals surface area contributed by atoms with Crippen molar-refractivity contribution >= 4 is 43.9 Å². The Kier molecular flexibility index (Phi) is 8.02. The molecular formula is C26H31N7O5S. The summed E-state index contributed by atoms with van der Waals surface area (Å²) in [6, 6.07) is 11.9. The first-order valence-corrected chi connectivity index (χ1v) is 13.8. The van der Waals surface area contributed by atoms with Crippen molar-refractivity contribution in [3.8, 4) is 17.0 Å². The number of fused-ring (bicyclic) bond motifs is 1. The monoisotopic (exact) mass is 553 g/mol. The number of likely N-dealkylation sites (N-methyl/N-ethyl adjacent to an activating group) is 2. The van der Waals surface area contributed by atoms with Gasteiger partial charge in [-0.25, -0.2) is 22.4 Å². The fourth-order valence-corrected chi connectivity index (χ4v) is 5.16. The number of hydrogen-bond acceptors (Lipinski definition) is 10. The molecule has 0 bridgehead atoms. The van der Waals surface area contributed by atoms with Gasteiger partial charge in [0.2, 0.25) is 16.0 Å². The summed E-state index contributed by atoms with van der Waals surface area (Å²) in [5.41, 5.74) is 2.30. The Bertz CT molecular complexity index is 1620. The van der Waals surface area contributed by atoms with Crippen molar-refractivity contribution in [1.82, 2.24) is 18.8 Å². The molecule has 0 aliphatic carbocycles. The molecule has 0 saturated carbocycles. The summed E-state index contributed by atoms with van der Waals surface area (Å²) in [4.78, 5) is 24.2. The summed E-state index contributed by atoms with van der Waals surface area (Å²) in [6.45, 7) is 2.89. The molecule has 0 saturated heterocycles. The van der Waals surface area contributed by atoms with E-state index in [1.54, 1.807) is 44.4 Å². The van der Waals surface area contributed by atoms with Gasteiger partial charge in [-0.05, 0) is 33.2 Å². The highest BCUT2D eigenvalue weighted by Crippen LogP contribution is 2.39. The summed E-state index contributed by atoms with van der Waals surface area (Å²) in [5, 5.41) is 15.7. The molecule has 12 nitrogen and oxygen atoms in total. The summed E-state index contributed by atoms with van der Waals surface area (Å²) >= 11 is 0. The Morgan fingerprint density at radius 3 is 2.54 bits per heavy atom. The summed E-state index contributed by atoms with van der Waals surface area (Å²) in [6.07, 6.45) is 3.09. The van der Waals surface area contributed by atoms with E-state index < -0.39 is 14.9 Å². The Balaban J connectivity index is 1.74. The van der Waals surface area contributed by atoms with Crippen molar-refractivity contribution < 1.29 is 18.1 Å². The van der Waals surface area contributed by atoms with Gasteiger partial charge in [-0.1, -0.05) is 18.2 Å². The predicted octanol–water partition coefficient (Wildman–Crippen LogP) is 3.95. The molecule has 2 heterocycles. The molecule has 0 aliphatic rings. The van der Waals surface area contributed by atoms with Crippen LogP contribution in [-0.4, -0.2) is 79.3 Å². The van der Waals surface area contributed by atoms with Crippen LogP contribution in [0.2, 0.25) is 0 Å². The first-order chi connectivity index (χ1) is 18.6. The maximum absolute atomic E-state index is 12.7. The average Bonchev–Trinajstić information content (AvgIpc) is 3.32. The molecule has 0 unspecified atom stereocenters. The SMILES string of the molecule is CCS(=O)(=O)n1cc(-c2ccnc(Nc3cc([N+](=O)[O-])c(N(C)CCN(C)C)cc3OC)n2)c2ccccc21. The number of nitro groups is 1. The van der Waals surface area contributed by atoms with Crippen molar-refractivity contribution in [2.75, 3.05) is 57.3 Å². The predicted molar refractivity (Wildman–Crippen MR) is 153 cm³/mol. The zero-order valence-corrected chi connectivity index (χ0v) is 23.3. The Hall–Kier alpha value is -4.23. The van der Waals surface area contributed by atoms with Crippen LogP contribution in [0.1, 0.15) is 6.92 Å². The van der Waals surface area contributed by atoms with E-state index in [-0.39, 0.29) is 17.4 Å². The van der Waals surface area contributed by atoms with Crippen LogP contribution in [0.15, 0.2) is 54.9 Å². The third kappa shape index (κ3) is 5.78. The number of methoxy groups -OCH3 is 1. The number of nitrogens with zero attached hydrogens (tertiary/aromatic N) is 6. The van der Waals surface area contributed by atoms with Gasteiger partial charge < -0.3 is 19.9 Å². The van der Waals surface area contributed by atoms with Crippen molar-refractivity contribution in [1.29, 1.82) is 0 Å². The van der Waals surface area contributed by atoms with Crippen LogP contribution < -0.4 is 15.0 Å². The van der Waals surface area contributed by atoms with Gasteiger partial charge in [0.25, 0.3) is 5.69 Å². The van der Waals surface area contributed by atoms with Crippen LogP contribution in [0.3, 0.4) is 0 Å². The van der Waals surface area contributed by atoms with Gasteiger partial charge in [-0.2, -0.15) is 0 Å². The number of hydrogen-bond donors (Lipinski definition) is 1. The van der Waals surface area contributed by atoms with Crippen molar-refractivity contribution in [3.63, 3.8) is 0 Å². The van der Waals surface area contributed by atoms with Gasteiger partial charge in [0.15, 0.2) is 0 Å². The molecule has 4 aromatic rings. The molecule has 1 N–H and O–H groups in total. The van der Waals surface area contributed by atoms with Crippen LogP contribution in [0, 0.1) is 10.1 Å². The summed E-state index contributed by atoms with van der Waals surface area (Å²) < 4.78 is 32.3. The van der Waals surface area contributed by atoms with E-state index in [4.69, 9.17) is 4.74 Å². The van der Waals surface area contributed by atoms with Crippen LogP contribution in [-0.2, 0) is 10.0 Å². The lowest BCUT2D eigenvalue weighted by Gasteiger charge is -2.22. The number of nitrogens with one attached hydrogen (secondary N) is 1. The standard InChI is InChI=1S/C26H31N7O5S/c1-6-39(36,37)32-17-19(18-9-7-8-10-22(18)32)20-11-12-27-26(28-20)29-21-15-24(33(34)35)23(16-25(21)38-5)31(4)14-13-30(2)3/h7-12,15-17H,6,13-14H2,1-5H3,(H,27,28,29). The van der Waals surface area contributed by atoms with Gasteiger partial charge in [0.1, 0.15) is 11.4 Å². The number of ether oxygens (including phenoxy) is 1. The molecule has 0 fully saturated rings. The largest absolute Gasteiger partial charge is 0.494 e. The minimum atomic E-state index is -3.54. The van der Waals surface area contributed by atoms with E-state index in [2.05, 4.69) is 15.3 Å². The number of nitro benzene ring substituents is 1. The summed E-state index contributed by atoms with van der Waals surface area (Å²) in [7, 11) is 3.60. The average molecular weight is 554 g/mol. The molecule has 0 atom stereocenters. The van der Waals surface area contributed by atoms with Crippen LogP contribution in [0.4, 0.5) is 23.0 Å². The van der Waals surface area contributed by atoms with Crippen molar-refractivity contribution in [2.24, 2.45) is 0 Å². The molecular weight excluding hydrogens is 522 g/mol. The zero-order valence-electron chi connectivity index (χ0n) is 22.5. The third-order valence-corrected chi connectivity index (χ3v) is 7.94. The smallest absolute Gasteiger partial charge is 0.294 e. The molecule has 4 rings (SSSR count). The quantitative estimate of drug-likeness (QED) is 0.215. The van der Waals surface area contributed by atoms with Gasteiger partial charge in [0.05, 0.1) is 34.7 Å². The molecule has 13 heteroatoms. The van der Waals surface area contributed by atoms with Gasteiger partial charge in [-0.15, -0.1) is 0 Å². The van der Waals surface area contributed by atoms with Crippen LogP contribution >= 0.6 is 0 Å². The highest BCUT2D eigenvalue weighted by Gasteiger charge is 2.23. The van der Waals surface area contributed by atoms with Crippen molar-refractivity contribution in [2.45, 2.75) is 6.92 Å². The molecule has 2 aromatic carbocycles. The highest BCUT2D eigenvalue weighted by atomic mass is 32.2. The number of aromatic nitrogens is 3. The number of anilines is 3. The van der Waals surface area contributed by atoms with Gasteiger partial charge in [-0.3, -0.25) is 10.1 Å². The molecule has 0 aliphatic heterocycles. The third-order valence-electron chi connectivity index (χ3n) is 6.31. The number of para-hydroxylation sites is 1. The molecule has 0 spiro atoms. The van der Waals surface area contributed by atoms with E-state index in [0.29, 0.717) is 47.0 Å². The Morgan fingerprint density at radius 1 is 1.13 bits per heavy atom. The first kappa shape index (κ1) is 27.8. The first-order valence-electron chi connectivity index (χ1n) is 12.2. The maximum Gasteiger partial charge on any atom is 0.294 e. The minimum absolute atomic E-state index is 0.0550. The van der Waals surface area contributed by atoms with E-state index >= 15 is 0 Å². The molecule has 2 aromatic heterocycles. The lowest BCUT2D eigenvalue weighted by Crippen LogP contribution is -2.28. The zero-order chi connectivity index (χ0) is 28.3. The molecule has 0 amide bonds.